The van der Waals surface area contributed by atoms with Gasteiger partial charge in [0.05, 0.1) is 0 Å². The Morgan fingerprint density at radius 3 is 2.40 bits per heavy atom. The van der Waals surface area contributed by atoms with Crippen LogP contribution in [0.2, 0.25) is 0 Å². The van der Waals surface area contributed by atoms with Crippen LogP contribution in [0.4, 0.5) is 4.39 Å². The maximum atomic E-state index is 12.7. The Bertz CT molecular complexity index is 286. The zero-order valence-corrected chi connectivity index (χ0v) is 9.20. The van der Waals surface area contributed by atoms with Gasteiger partial charge in [-0.05, 0) is 38.0 Å². The molecule has 0 aliphatic rings. The SMILES string of the molecule is CC(N[C@H](C)CCO)c1ccc(F)cc1. The third kappa shape index (κ3) is 3.98. The summed E-state index contributed by atoms with van der Waals surface area (Å²) in [6.07, 6.45) is 0.728. The molecule has 0 saturated heterocycles. The minimum atomic E-state index is -0.214. The topological polar surface area (TPSA) is 32.3 Å². The molecule has 2 nitrogen and oxygen atoms in total. The molecule has 0 radical (unpaired) electrons. The van der Waals surface area contributed by atoms with Crippen LogP contribution in [0.25, 0.3) is 0 Å². The van der Waals surface area contributed by atoms with Gasteiger partial charge in [-0.15, -0.1) is 0 Å². The normalized spacial score (nSPS) is 14.9. The summed E-state index contributed by atoms with van der Waals surface area (Å²) in [4.78, 5) is 0. The highest BCUT2D eigenvalue weighted by molar-refractivity contribution is 5.19. The minimum absolute atomic E-state index is 0.173. The Hall–Kier alpha value is -0.930. The van der Waals surface area contributed by atoms with Gasteiger partial charge in [-0.1, -0.05) is 12.1 Å². The minimum Gasteiger partial charge on any atom is -0.396 e. The number of nitrogens with one attached hydrogen (secondary N) is 1. The quantitative estimate of drug-likeness (QED) is 0.783. The van der Waals surface area contributed by atoms with Crippen LogP contribution < -0.4 is 5.32 Å². The zero-order valence-electron chi connectivity index (χ0n) is 9.20. The van der Waals surface area contributed by atoms with Gasteiger partial charge < -0.3 is 10.4 Å². The predicted molar refractivity (Wildman–Crippen MR) is 59.1 cm³/mol. The van der Waals surface area contributed by atoms with Gasteiger partial charge in [0.25, 0.3) is 0 Å². The molecule has 0 spiro atoms. The zero-order chi connectivity index (χ0) is 11.3. The van der Waals surface area contributed by atoms with Crippen molar-refractivity contribution in [1.29, 1.82) is 0 Å². The summed E-state index contributed by atoms with van der Waals surface area (Å²) in [5.74, 6) is -0.214. The number of halogens is 1. The van der Waals surface area contributed by atoms with Crippen LogP contribution in [0, 0.1) is 5.82 Å². The van der Waals surface area contributed by atoms with Gasteiger partial charge in [-0.2, -0.15) is 0 Å². The molecule has 1 unspecified atom stereocenters. The maximum Gasteiger partial charge on any atom is 0.123 e. The highest BCUT2D eigenvalue weighted by atomic mass is 19.1. The molecular formula is C12H18FNO. The molecule has 15 heavy (non-hydrogen) atoms. The van der Waals surface area contributed by atoms with E-state index in [1.165, 1.54) is 12.1 Å². The van der Waals surface area contributed by atoms with Crippen molar-refractivity contribution in [3.05, 3.63) is 35.6 Å². The van der Waals surface area contributed by atoms with Crippen molar-refractivity contribution in [2.45, 2.75) is 32.4 Å². The Labute approximate surface area is 90.1 Å². The van der Waals surface area contributed by atoms with Crippen molar-refractivity contribution in [2.24, 2.45) is 0 Å². The standard InChI is InChI=1S/C12H18FNO/c1-9(7-8-15)14-10(2)11-3-5-12(13)6-4-11/h3-6,9-10,14-15H,7-8H2,1-2H3/t9-,10?/m1/s1. The molecule has 0 aromatic heterocycles. The van der Waals surface area contributed by atoms with Crippen molar-refractivity contribution in [3.8, 4) is 0 Å². The molecule has 3 heteroatoms. The second-order valence-electron chi connectivity index (χ2n) is 3.85. The fraction of sp³-hybridized carbons (Fsp3) is 0.500. The first kappa shape index (κ1) is 12.1. The van der Waals surface area contributed by atoms with Crippen molar-refractivity contribution < 1.29 is 9.50 Å². The van der Waals surface area contributed by atoms with E-state index in [2.05, 4.69) is 5.32 Å². The van der Waals surface area contributed by atoms with Crippen LogP contribution in [0.5, 0.6) is 0 Å². The predicted octanol–water partition coefficient (Wildman–Crippen LogP) is 2.25. The highest BCUT2D eigenvalue weighted by Gasteiger charge is 2.08. The van der Waals surface area contributed by atoms with Crippen molar-refractivity contribution in [3.63, 3.8) is 0 Å². The van der Waals surface area contributed by atoms with Gasteiger partial charge in [-0.25, -0.2) is 4.39 Å². The summed E-state index contributed by atoms with van der Waals surface area (Å²) in [6.45, 7) is 4.24. The van der Waals surface area contributed by atoms with E-state index in [1.54, 1.807) is 12.1 Å². The van der Waals surface area contributed by atoms with Crippen molar-refractivity contribution in [2.75, 3.05) is 6.61 Å². The van der Waals surface area contributed by atoms with Gasteiger partial charge in [0.1, 0.15) is 5.82 Å². The van der Waals surface area contributed by atoms with Gasteiger partial charge in [0, 0.05) is 18.7 Å². The average Bonchev–Trinajstić information content (AvgIpc) is 2.18. The Kier molecular flexibility index (Phi) is 4.72. The fourth-order valence-electron chi connectivity index (χ4n) is 1.55. The smallest absolute Gasteiger partial charge is 0.123 e. The summed E-state index contributed by atoms with van der Waals surface area (Å²) in [5, 5.41) is 12.1. The molecule has 0 amide bonds. The molecule has 0 heterocycles. The average molecular weight is 211 g/mol. The lowest BCUT2D eigenvalue weighted by Gasteiger charge is -2.19. The molecule has 0 aliphatic heterocycles. The van der Waals surface area contributed by atoms with E-state index < -0.39 is 0 Å². The molecule has 2 N–H and O–H groups in total. The Morgan fingerprint density at radius 2 is 1.87 bits per heavy atom. The van der Waals surface area contributed by atoms with Crippen LogP contribution in [0.15, 0.2) is 24.3 Å². The largest absolute Gasteiger partial charge is 0.396 e. The second kappa shape index (κ2) is 5.83. The fourth-order valence-corrected chi connectivity index (χ4v) is 1.55. The summed E-state index contributed by atoms with van der Waals surface area (Å²) in [6, 6.07) is 6.91. The van der Waals surface area contributed by atoms with Crippen LogP contribution in [0.1, 0.15) is 31.9 Å². The lowest BCUT2D eigenvalue weighted by molar-refractivity contribution is 0.264. The number of aliphatic hydroxyl groups excluding tert-OH is 1. The first-order valence-electron chi connectivity index (χ1n) is 5.26. The molecule has 1 aromatic carbocycles. The molecule has 1 rings (SSSR count). The van der Waals surface area contributed by atoms with Gasteiger partial charge in [0.15, 0.2) is 0 Å². The molecule has 2 atom stereocenters. The van der Waals surface area contributed by atoms with Crippen LogP contribution in [-0.4, -0.2) is 17.8 Å². The highest BCUT2D eigenvalue weighted by Crippen LogP contribution is 2.13. The Balaban J connectivity index is 2.53. The lowest BCUT2D eigenvalue weighted by atomic mass is 10.1. The van der Waals surface area contributed by atoms with Crippen molar-refractivity contribution >= 4 is 0 Å². The van der Waals surface area contributed by atoms with Crippen LogP contribution >= 0.6 is 0 Å². The number of rotatable bonds is 5. The van der Waals surface area contributed by atoms with E-state index in [-0.39, 0.29) is 24.5 Å². The molecule has 0 fully saturated rings. The first-order chi connectivity index (χ1) is 7.13. The number of hydrogen-bond donors (Lipinski definition) is 2. The van der Waals surface area contributed by atoms with Gasteiger partial charge >= 0.3 is 0 Å². The Morgan fingerprint density at radius 1 is 1.27 bits per heavy atom. The van der Waals surface area contributed by atoms with E-state index in [4.69, 9.17) is 5.11 Å². The van der Waals surface area contributed by atoms with E-state index in [1.807, 2.05) is 13.8 Å². The maximum absolute atomic E-state index is 12.7. The van der Waals surface area contributed by atoms with E-state index >= 15 is 0 Å². The molecule has 0 saturated carbocycles. The monoisotopic (exact) mass is 211 g/mol. The summed E-state index contributed by atoms with van der Waals surface area (Å²) in [7, 11) is 0. The third-order valence-corrected chi connectivity index (χ3v) is 2.47. The second-order valence-corrected chi connectivity index (χ2v) is 3.85. The number of hydrogen-bond acceptors (Lipinski definition) is 2. The van der Waals surface area contributed by atoms with Gasteiger partial charge in [-0.3, -0.25) is 0 Å². The van der Waals surface area contributed by atoms with E-state index in [0.29, 0.717) is 0 Å². The first-order valence-corrected chi connectivity index (χ1v) is 5.26. The molecule has 0 bridgehead atoms. The summed E-state index contributed by atoms with van der Waals surface area (Å²) in [5.41, 5.74) is 1.06. The van der Waals surface area contributed by atoms with Crippen LogP contribution in [-0.2, 0) is 0 Å². The molecule has 0 aliphatic carbocycles. The molecule has 1 aromatic rings. The third-order valence-electron chi connectivity index (χ3n) is 2.47. The van der Waals surface area contributed by atoms with E-state index in [9.17, 15) is 4.39 Å². The lowest BCUT2D eigenvalue weighted by Crippen LogP contribution is -2.29. The number of benzene rings is 1. The number of aliphatic hydroxyl groups is 1. The van der Waals surface area contributed by atoms with Crippen molar-refractivity contribution in [1.82, 2.24) is 5.32 Å². The van der Waals surface area contributed by atoms with E-state index in [0.717, 1.165) is 12.0 Å². The van der Waals surface area contributed by atoms with Crippen LogP contribution in [0.3, 0.4) is 0 Å². The summed E-state index contributed by atoms with van der Waals surface area (Å²) >= 11 is 0. The van der Waals surface area contributed by atoms with Gasteiger partial charge in [0.2, 0.25) is 0 Å². The molecule has 84 valence electrons. The summed E-state index contributed by atoms with van der Waals surface area (Å²) < 4.78 is 12.7. The molecular weight excluding hydrogens is 193 g/mol.